The zero-order chi connectivity index (χ0) is 25.9. The maximum Gasteiger partial charge on any atom is 0.247 e. The molecule has 0 bridgehead atoms. The molecule has 0 spiro atoms. The summed E-state index contributed by atoms with van der Waals surface area (Å²) in [7, 11) is -2.25. The molecule has 1 fully saturated rings. The van der Waals surface area contributed by atoms with Crippen molar-refractivity contribution >= 4 is 54.2 Å². The zero-order valence-electron chi connectivity index (χ0n) is 20.7. The highest BCUT2D eigenvalue weighted by molar-refractivity contribution is 7.89. The second-order valence-electron chi connectivity index (χ2n) is 8.57. The third-order valence-electron chi connectivity index (χ3n) is 6.52. The van der Waals surface area contributed by atoms with Crippen LogP contribution in [0.15, 0.2) is 47.4 Å². The number of amides is 1. The van der Waals surface area contributed by atoms with Crippen LogP contribution in [0, 0.1) is 0 Å². The Bertz CT molecular complexity index is 1310. The molecule has 36 heavy (non-hydrogen) atoms. The van der Waals surface area contributed by atoms with Crippen molar-refractivity contribution in [1.29, 1.82) is 0 Å². The van der Waals surface area contributed by atoms with E-state index in [-0.39, 0.29) is 10.8 Å². The molecule has 2 aromatic carbocycles. The summed E-state index contributed by atoms with van der Waals surface area (Å²) in [4.78, 5) is 22.8. The van der Waals surface area contributed by atoms with Crippen molar-refractivity contribution in [2.75, 3.05) is 44.7 Å². The summed E-state index contributed by atoms with van der Waals surface area (Å²) in [6.07, 6.45) is 1.08. The first kappa shape index (κ1) is 26.8. The average molecular weight is 551 g/mol. The van der Waals surface area contributed by atoms with Crippen LogP contribution in [0.3, 0.4) is 0 Å². The van der Waals surface area contributed by atoms with Gasteiger partial charge in [-0.1, -0.05) is 36.8 Å². The van der Waals surface area contributed by atoms with E-state index in [1.54, 1.807) is 24.1 Å². The van der Waals surface area contributed by atoms with Gasteiger partial charge in [0.15, 0.2) is 5.13 Å². The molecule has 1 aliphatic rings. The fourth-order valence-electron chi connectivity index (χ4n) is 4.41. The van der Waals surface area contributed by atoms with Crippen LogP contribution in [-0.2, 0) is 14.8 Å². The molecule has 11 heteroatoms. The number of nitrogens with zero attached hydrogens (tertiary/aromatic N) is 4. The Balaban J connectivity index is 1.67. The van der Waals surface area contributed by atoms with E-state index in [2.05, 4.69) is 18.7 Å². The summed E-state index contributed by atoms with van der Waals surface area (Å²) in [6.45, 7) is 7.25. The highest BCUT2D eigenvalue weighted by Gasteiger charge is 2.42. The van der Waals surface area contributed by atoms with Crippen LogP contribution in [0.25, 0.3) is 10.2 Å². The van der Waals surface area contributed by atoms with E-state index < -0.39 is 16.1 Å². The van der Waals surface area contributed by atoms with Gasteiger partial charge in [-0.15, -0.1) is 0 Å². The van der Waals surface area contributed by atoms with Gasteiger partial charge in [-0.05, 0) is 68.4 Å². The molecule has 0 N–H and O–H groups in total. The Morgan fingerprint density at radius 2 is 1.89 bits per heavy atom. The predicted octanol–water partition coefficient (Wildman–Crippen LogP) is 4.49. The normalized spacial score (nSPS) is 16.6. The largest absolute Gasteiger partial charge is 0.497 e. The van der Waals surface area contributed by atoms with Crippen molar-refractivity contribution in [2.45, 2.75) is 37.6 Å². The number of carbonyl (C=O) groups is 1. The maximum atomic E-state index is 14.0. The Morgan fingerprint density at radius 1 is 1.17 bits per heavy atom. The molecule has 8 nitrogen and oxygen atoms in total. The smallest absolute Gasteiger partial charge is 0.247 e. The van der Waals surface area contributed by atoms with Crippen LogP contribution in [0.4, 0.5) is 5.13 Å². The van der Waals surface area contributed by atoms with Crippen molar-refractivity contribution < 1.29 is 17.9 Å². The highest BCUT2D eigenvalue weighted by atomic mass is 35.5. The summed E-state index contributed by atoms with van der Waals surface area (Å²) in [5, 5.41) is 1.02. The lowest BCUT2D eigenvalue weighted by Gasteiger charge is -2.30. The van der Waals surface area contributed by atoms with E-state index in [1.165, 1.54) is 27.8 Å². The molecule has 4 rings (SSSR count). The Morgan fingerprint density at radius 3 is 2.56 bits per heavy atom. The summed E-state index contributed by atoms with van der Waals surface area (Å²) >= 11 is 7.37. The quantitative estimate of drug-likeness (QED) is 0.370. The molecular formula is C25H31ClN4O4S2. The molecule has 1 atom stereocenters. The molecule has 1 unspecified atom stereocenters. The molecule has 1 aromatic heterocycles. The lowest BCUT2D eigenvalue weighted by atomic mass is 10.2. The Kier molecular flexibility index (Phi) is 8.52. The van der Waals surface area contributed by atoms with Crippen molar-refractivity contribution in [3.8, 4) is 5.75 Å². The minimum absolute atomic E-state index is 0.133. The van der Waals surface area contributed by atoms with E-state index in [9.17, 15) is 13.2 Å². The van der Waals surface area contributed by atoms with Crippen LogP contribution in [-0.4, -0.2) is 74.4 Å². The van der Waals surface area contributed by atoms with Gasteiger partial charge in [-0.3, -0.25) is 9.69 Å². The van der Waals surface area contributed by atoms with Crippen LogP contribution in [0.5, 0.6) is 5.75 Å². The van der Waals surface area contributed by atoms with Crippen LogP contribution >= 0.6 is 22.9 Å². The van der Waals surface area contributed by atoms with Gasteiger partial charge < -0.3 is 9.64 Å². The number of halogens is 1. The molecule has 1 amide bonds. The number of benzene rings is 2. The summed E-state index contributed by atoms with van der Waals surface area (Å²) in [5.74, 6) is 0.470. The fourth-order valence-corrected chi connectivity index (χ4v) is 7.22. The van der Waals surface area contributed by atoms with Crippen LogP contribution in [0.1, 0.15) is 26.7 Å². The molecular weight excluding hydrogens is 520 g/mol. The molecule has 0 aliphatic carbocycles. The highest BCUT2D eigenvalue weighted by Crippen LogP contribution is 2.34. The van der Waals surface area contributed by atoms with Crippen LogP contribution in [0.2, 0.25) is 5.02 Å². The maximum absolute atomic E-state index is 14.0. The predicted molar refractivity (Wildman–Crippen MR) is 145 cm³/mol. The molecule has 0 radical (unpaired) electrons. The van der Waals surface area contributed by atoms with Crippen LogP contribution < -0.4 is 9.64 Å². The van der Waals surface area contributed by atoms with E-state index >= 15 is 0 Å². The Labute approximate surface area is 221 Å². The van der Waals surface area contributed by atoms with Gasteiger partial charge in [0.05, 0.1) is 22.2 Å². The lowest BCUT2D eigenvalue weighted by Crippen LogP contribution is -2.49. The number of anilines is 1. The molecule has 3 aromatic rings. The number of hydrogen-bond acceptors (Lipinski definition) is 7. The van der Waals surface area contributed by atoms with Gasteiger partial charge in [-0.25, -0.2) is 13.4 Å². The molecule has 1 aliphatic heterocycles. The van der Waals surface area contributed by atoms with E-state index in [0.717, 1.165) is 29.1 Å². The van der Waals surface area contributed by atoms with Crippen molar-refractivity contribution in [3.63, 3.8) is 0 Å². The number of fused-ring (bicyclic) bond motifs is 1. The first-order chi connectivity index (χ1) is 17.3. The third-order valence-corrected chi connectivity index (χ3v) is 9.74. The number of sulfonamides is 1. The first-order valence-electron chi connectivity index (χ1n) is 12.0. The van der Waals surface area contributed by atoms with E-state index in [0.29, 0.717) is 42.6 Å². The number of rotatable bonds is 10. The van der Waals surface area contributed by atoms with Crippen molar-refractivity contribution in [1.82, 2.24) is 14.2 Å². The second-order valence-corrected chi connectivity index (χ2v) is 11.9. The second kappa shape index (κ2) is 11.4. The SMILES string of the molecule is CCN(CC)CCN(C(=O)C1CCCN1S(=O)(=O)c1ccc(Cl)cc1)c1nc2ccc(OC)cc2s1. The molecule has 194 valence electrons. The number of likely N-dealkylation sites (N-methyl/N-ethyl adjacent to an activating group) is 1. The molecule has 1 saturated heterocycles. The van der Waals surface area contributed by atoms with Gasteiger partial charge >= 0.3 is 0 Å². The first-order valence-corrected chi connectivity index (χ1v) is 14.7. The number of aromatic nitrogens is 1. The number of methoxy groups -OCH3 is 1. The van der Waals surface area contributed by atoms with Gasteiger partial charge in [0, 0.05) is 24.7 Å². The van der Waals surface area contributed by atoms with E-state index in [1.807, 2.05) is 18.2 Å². The van der Waals surface area contributed by atoms with Crippen molar-refractivity contribution in [2.24, 2.45) is 0 Å². The monoisotopic (exact) mass is 550 g/mol. The lowest BCUT2D eigenvalue weighted by molar-refractivity contribution is -0.121. The van der Waals surface area contributed by atoms with Gasteiger partial charge in [0.2, 0.25) is 15.9 Å². The van der Waals surface area contributed by atoms with Crippen molar-refractivity contribution in [3.05, 3.63) is 47.5 Å². The minimum Gasteiger partial charge on any atom is -0.497 e. The summed E-state index contributed by atoms with van der Waals surface area (Å²) in [5.41, 5.74) is 0.772. The average Bonchev–Trinajstić information content (AvgIpc) is 3.54. The Hall–Kier alpha value is -2.24. The molecule has 0 saturated carbocycles. The van der Waals surface area contributed by atoms with Gasteiger partial charge in [0.1, 0.15) is 11.8 Å². The minimum atomic E-state index is -3.86. The van der Waals surface area contributed by atoms with Gasteiger partial charge in [-0.2, -0.15) is 4.31 Å². The summed E-state index contributed by atoms with van der Waals surface area (Å²) in [6, 6.07) is 10.9. The third kappa shape index (κ3) is 5.52. The number of hydrogen-bond donors (Lipinski definition) is 0. The topological polar surface area (TPSA) is 83.0 Å². The van der Waals surface area contributed by atoms with Gasteiger partial charge in [0.25, 0.3) is 0 Å². The standard InChI is InChI=1S/C25H31ClN4O4S2/c1-4-28(5-2)15-16-29(25-27-21-13-10-19(34-3)17-23(21)35-25)24(31)22-7-6-14-30(22)36(32,33)20-11-8-18(26)9-12-20/h8-13,17,22H,4-7,14-16H2,1-3H3. The number of thiazole rings is 1. The van der Waals surface area contributed by atoms with E-state index in [4.69, 9.17) is 21.3 Å². The fraction of sp³-hybridized carbons (Fsp3) is 0.440. The zero-order valence-corrected chi connectivity index (χ0v) is 23.1. The number of carbonyl (C=O) groups excluding carboxylic acids is 1. The molecule has 2 heterocycles. The summed E-state index contributed by atoms with van der Waals surface area (Å²) < 4.78 is 34.5. The number of ether oxygens (including phenoxy) is 1.